The van der Waals surface area contributed by atoms with E-state index < -0.39 is 0 Å². The summed E-state index contributed by atoms with van der Waals surface area (Å²) in [4.78, 5) is 23.0. The van der Waals surface area contributed by atoms with Crippen LogP contribution in [0.5, 0.6) is 0 Å². The van der Waals surface area contributed by atoms with Crippen LogP contribution in [-0.2, 0) is 22.6 Å². The molecule has 1 N–H and O–H groups in total. The number of guanidine groups is 1. The smallest absolute Gasteiger partial charge is 0.310 e. The number of hydrogen-bond acceptors (Lipinski definition) is 4. The Balaban J connectivity index is 0.00000300. The lowest BCUT2D eigenvalue weighted by atomic mass is 9.99. The highest BCUT2D eigenvalue weighted by molar-refractivity contribution is 14.0. The fraction of sp³-hybridized carbons (Fsp3) is 0.476. The summed E-state index contributed by atoms with van der Waals surface area (Å²) in [5.74, 6) is 0.859. The molecule has 2 unspecified atom stereocenters. The van der Waals surface area contributed by atoms with Crippen molar-refractivity contribution in [2.24, 2.45) is 16.8 Å². The molecule has 1 aliphatic heterocycles. The molecule has 0 radical (unpaired) electrons. The van der Waals surface area contributed by atoms with E-state index in [-0.39, 0.29) is 41.8 Å². The molecule has 0 saturated carbocycles. The first kappa shape index (κ1) is 23.2. The summed E-state index contributed by atoms with van der Waals surface area (Å²) < 4.78 is 6.98. The summed E-state index contributed by atoms with van der Waals surface area (Å²) in [7, 11) is 1.45. The Kier molecular flexibility index (Phi) is 8.94. The van der Waals surface area contributed by atoms with E-state index in [0.717, 1.165) is 31.2 Å². The van der Waals surface area contributed by atoms with Gasteiger partial charge in [0.15, 0.2) is 5.96 Å². The average molecular weight is 511 g/mol. The number of nitrogens with zero attached hydrogens (tertiary/aromatic N) is 4. The van der Waals surface area contributed by atoms with E-state index in [1.165, 1.54) is 12.7 Å². The molecule has 0 amide bonds. The van der Waals surface area contributed by atoms with Crippen LogP contribution >= 0.6 is 24.0 Å². The van der Waals surface area contributed by atoms with Crippen LogP contribution in [0.2, 0.25) is 0 Å². The molecule has 1 aromatic heterocycles. The summed E-state index contributed by atoms with van der Waals surface area (Å²) in [5, 5.41) is 3.35. The predicted octanol–water partition coefficient (Wildman–Crippen LogP) is 2.76. The number of likely N-dealkylation sites (tertiary alicyclic amines) is 1. The van der Waals surface area contributed by atoms with Gasteiger partial charge < -0.3 is 19.5 Å². The summed E-state index contributed by atoms with van der Waals surface area (Å²) >= 11 is 0. The van der Waals surface area contributed by atoms with E-state index in [9.17, 15) is 4.79 Å². The summed E-state index contributed by atoms with van der Waals surface area (Å²) in [5.41, 5.74) is 2.38. The number of carbonyl (C=O) groups excluding carboxylic acids is 1. The lowest BCUT2D eigenvalue weighted by Crippen LogP contribution is -2.40. The number of nitrogens with one attached hydrogen (secondary N) is 1. The first-order chi connectivity index (χ1) is 13.6. The molecule has 3 rings (SSSR count). The van der Waals surface area contributed by atoms with Gasteiger partial charge in [-0.05, 0) is 24.0 Å². The fourth-order valence-electron chi connectivity index (χ4n) is 3.53. The van der Waals surface area contributed by atoms with E-state index in [4.69, 9.17) is 9.73 Å². The molecular formula is C21H30IN5O2. The molecule has 2 heterocycles. The Morgan fingerprint density at radius 2 is 2.00 bits per heavy atom. The van der Waals surface area contributed by atoms with E-state index in [2.05, 4.69) is 53.3 Å². The quantitative estimate of drug-likeness (QED) is 0.280. The van der Waals surface area contributed by atoms with Crippen LogP contribution in [0, 0.1) is 11.8 Å². The van der Waals surface area contributed by atoms with Crippen LogP contribution in [0.1, 0.15) is 25.0 Å². The van der Waals surface area contributed by atoms with Crippen LogP contribution in [0.4, 0.5) is 0 Å². The molecule has 0 spiro atoms. The number of aliphatic imine (C=N–C) groups is 1. The normalized spacial score (nSPS) is 19.0. The summed E-state index contributed by atoms with van der Waals surface area (Å²) in [6.07, 6.45) is 5.56. The molecule has 1 fully saturated rings. The third-order valence-corrected chi connectivity index (χ3v) is 5.11. The fourth-order valence-corrected chi connectivity index (χ4v) is 3.53. The highest BCUT2D eigenvalue weighted by Gasteiger charge is 2.36. The molecule has 1 saturated heterocycles. The second-order valence-electron chi connectivity index (χ2n) is 7.23. The van der Waals surface area contributed by atoms with Gasteiger partial charge in [0.25, 0.3) is 0 Å². The van der Waals surface area contributed by atoms with Crippen LogP contribution in [0.25, 0.3) is 0 Å². The van der Waals surface area contributed by atoms with Crippen LogP contribution in [0.3, 0.4) is 0 Å². The van der Waals surface area contributed by atoms with Crippen molar-refractivity contribution in [3.05, 3.63) is 54.1 Å². The van der Waals surface area contributed by atoms with Gasteiger partial charge in [0.1, 0.15) is 0 Å². The number of benzene rings is 1. The largest absolute Gasteiger partial charge is 0.469 e. The molecule has 1 aromatic carbocycles. The lowest BCUT2D eigenvalue weighted by Gasteiger charge is -2.21. The first-order valence-electron chi connectivity index (χ1n) is 9.75. The number of imidazole rings is 1. The van der Waals surface area contributed by atoms with Gasteiger partial charge in [0, 0.05) is 38.6 Å². The van der Waals surface area contributed by atoms with Gasteiger partial charge in [-0.25, -0.2) is 9.98 Å². The second kappa shape index (κ2) is 11.2. The third-order valence-electron chi connectivity index (χ3n) is 5.11. The molecule has 158 valence electrons. The van der Waals surface area contributed by atoms with Crippen LogP contribution in [0.15, 0.2) is 48.0 Å². The van der Waals surface area contributed by atoms with Crippen molar-refractivity contribution in [1.82, 2.24) is 19.8 Å². The first-order valence-corrected chi connectivity index (χ1v) is 9.75. The minimum absolute atomic E-state index is 0. The number of rotatable bonds is 6. The van der Waals surface area contributed by atoms with Crippen molar-refractivity contribution in [3.8, 4) is 0 Å². The molecule has 1 aliphatic rings. The van der Waals surface area contributed by atoms with E-state index >= 15 is 0 Å². The Hall–Kier alpha value is -2.10. The van der Waals surface area contributed by atoms with Gasteiger partial charge in [-0.3, -0.25) is 4.79 Å². The number of ether oxygens (including phenoxy) is 1. The number of esters is 1. The number of hydrogen-bond donors (Lipinski definition) is 1. The van der Waals surface area contributed by atoms with Crippen molar-refractivity contribution in [2.45, 2.75) is 26.9 Å². The maximum Gasteiger partial charge on any atom is 0.310 e. The van der Waals surface area contributed by atoms with Gasteiger partial charge in [0.2, 0.25) is 0 Å². The maximum atomic E-state index is 12.0. The van der Waals surface area contributed by atoms with Crippen molar-refractivity contribution >= 4 is 35.9 Å². The van der Waals surface area contributed by atoms with Gasteiger partial charge in [0.05, 0.1) is 25.9 Å². The van der Waals surface area contributed by atoms with E-state index in [1.54, 1.807) is 6.20 Å². The highest BCUT2D eigenvalue weighted by Crippen LogP contribution is 2.24. The van der Waals surface area contributed by atoms with Gasteiger partial charge in [-0.2, -0.15) is 0 Å². The molecule has 2 atom stereocenters. The molecule has 8 heteroatoms. The maximum absolute atomic E-state index is 12.0. The zero-order valence-corrected chi connectivity index (χ0v) is 19.6. The Bertz CT molecular complexity index is 792. The number of carbonyl (C=O) groups is 1. The molecule has 29 heavy (non-hydrogen) atoms. The minimum atomic E-state index is -0.140. The Morgan fingerprint density at radius 1 is 1.28 bits per heavy atom. The van der Waals surface area contributed by atoms with E-state index in [1.807, 2.05) is 17.1 Å². The van der Waals surface area contributed by atoms with Crippen molar-refractivity contribution in [3.63, 3.8) is 0 Å². The second-order valence-corrected chi connectivity index (χ2v) is 7.23. The molecule has 7 nitrogen and oxygen atoms in total. The SMILES string of the molecule is CCNC(=NCc1ccc(Cn2ccnc2)cc1)N1CC(C)C(C(=O)OC)C1.I. The summed E-state index contributed by atoms with van der Waals surface area (Å²) in [6, 6.07) is 8.48. The standard InChI is InChI=1S/C21H29N5O2.HI/c1-4-23-21(26-12-16(2)19(14-26)20(27)28-3)24-11-17-5-7-18(8-6-17)13-25-10-9-22-15-25;/h5-10,15-16,19H,4,11-14H2,1-3H3,(H,23,24);1H. The molecule has 2 aromatic rings. The monoisotopic (exact) mass is 511 g/mol. The Morgan fingerprint density at radius 3 is 2.62 bits per heavy atom. The zero-order chi connectivity index (χ0) is 19.9. The van der Waals surface area contributed by atoms with Crippen molar-refractivity contribution in [2.75, 3.05) is 26.7 Å². The molecule has 0 aliphatic carbocycles. The zero-order valence-electron chi connectivity index (χ0n) is 17.2. The van der Waals surface area contributed by atoms with Gasteiger partial charge in [-0.15, -0.1) is 24.0 Å². The third kappa shape index (κ3) is 6.19. The number of methoxy groups -OCH3 is 1. The molecular weight excluding hydrogens is 481 g/mol. The van der Waals surface area contributed by atoms with Gasteiger partial charge >= 0.3 is 5.97 Å². The van der Waals surface area contributed by atoms with Crippen molar-refractivity contribution in [1.29, 1.82) is 0 Å². The molecule has 0 bridgehead atoms. The predicted molar refractivity (Wildman–Crippen MR) is 124 cm³/mol. The number of halogens is 1. The highest BCUT2D eigenvalue weighted by atomic mass is 127. The lowest BCUT2D eigenvalue weighted by molar-refractivity contribution is -0.145. The van der Waals surface area contributed by atoms with Gasteiger partial charge in [-0.1, -0.05) is 31.2 Å². The van der Waals surface area contributed by atoms with Crippen LogP contribution in [-0.4, -0.2) is 53.1 Å². The number of aromatic nitrogens is 2. The van der Waals surface area contributed by atoms with E-state index in [0.29, 0.717) is 13.1 Å². The van der Waals surface area contributed by atoms with Crippen molar-refractivity contribution < 1.29 is 9.53 Å². The topological polar surface area (TPSA) is 71.8 Å². The Labute approximate surface area is 189 Å². The minimum Gasteiger partial charge on any atom is -0.469 e. The van der Waals surface area contributed by atoms with Crippen LogP contribution < -0.4 is 5.32 Å². The average Bonchev–Trinajstić information content (AvgIpc) is 3.35. The summed E-state index contributed by atoms with van der Waals surface area (Å²) in [6.45, 7) is 7.78.